The average Bonchev–Trinajstić information content (AvgIpc) is 2.87. The molecule has 0 radical (unpaired) electrons. The Morgan fingerprint density at radius 3 is 2.54 bits per heavy atom. The summed E-state index contributed by atoms with van der Waals surface area (Å²) in [6.45, 7) is 2.01. The lowest BCUT2D eigenvalue weighted by Crippen LogP contribution is -2.50. The highest BCUT2D eigenvalue weighted by atomic mass is 16.3. The normalized spacial score (nSPS) is 24.0. The van der Waals surface area contributed by atoms with Crippen LogP contribution in [0.5, 0.6) is 0 Å². The highest BCUT2D eigenvalue weighted by Gasteiger charge is 2.29. The van der Waals surface area contributed by atoms with Crippen LogP contribution in [0.3, 0.4) is 0 Å². The van der Waals surface area contributed by atoms with Crippen LogP contribution >= 0.6 is 0 Å². The molecule has 3 atom stereocenters. The monoisotopic (exact) mass is 188 g/mol. The molecule has 1 saturated carbocycles. The molecule has 0 aromatic carbocycles. The van der Waals surface area contributed by atoms with Crippen LogP contribution in [0, 0.1) is 0 Å². The predicted molar refractivity (Wildman–Crippen MR) is 51.1 cm³/mol. The van der Waals surface area contributed by atoms with Crippen molar-refractivity contribution in [1.29, 1.82) is 0 Å². The zero-order chi connectivity index (χ0) is 9.84. The molecule has 0 aromatic rings. The van der Waals surface area contributed by atoms with Gasteiger partial charge in [-0.2, -0.15) is 0 Å². The number of hydrogen-bond acceptors (Lipinski definition) is 4. The minimum atomic E-state index is -0.867. The van der Waals surface area contributed by atoms with Gasteiger partial charge in [0.25, 0.3) is 0 Å². The summed E-state index contributed by atoms with van der Waals surface area (Å²) >= 11 is 0. The molecule has 0 bridgehead atoms. The van der Waals surface area contributed by atoms with Gasteiger partial charge in [-0.25, -0.2) is 0 Å². The molecule has 1 aliphatic carbocycles. The van der Waals surface area contributed by atoms with E-state index >= 15 is 0 Å². The van der Waals surface area contributed by atoms with Crippen LogP contribution in [0.4, 0.5) is 0 Å². The van der Waals surface area contributed by atoms with Gasteiger partial charge in [0.15, 0.2) is 0 Å². The van der Waals surface area contributed by atoms with Gasteiger partial charge in [0.2, 0.25) is 0 Å². The molecular weight excluding hydrogens is 168 g/mol. The van der Waals surface area contributed by atoms with Gasteiger partial charge in [0.1, 0.15) is 12.3 Å². The molecule has 4 heteroatoms. The van der Waals surface area contributed by atoms with Crippen LogP contribution in [0.15, 0.2) is 0 Å². The van der Waals surface area contributed by atoms with Gasteiger partial charge in [0, 0.05) is 12.1 Å². The molecule has 13 heavy (non-hydrogen) atoms. The maximum Gasteiger partial charge on any atom is 0.132 e. The second kappa shape index (κ2) is 4.91. The van der Waals surface area contributed by atoms with Crippen LogP contribution in [-0.4, -0.2) is 34.6 Å². The highest BCUT2D eigenvalue weighted by molar-refractivity contribution is 4.86. The van der Waals surface area contributed by atoms with Crippen LogP contribution in [0.2, 0.25) is 0 Å². The van der Waals surface area contributed by atoms with Crippen molar-refractivity contribution in [2.75, 3.05) is 0 Å². The lowest BCUT2D eigenvalue weighted by Gasteiger charge is -2.24. The van der Waals surface area contributed by atoms with Gasteiger partial charge in [-0.15, -0.1) is 0 Å². The number of hydrogen-bond donors (Lipinski definition) is 4. The van der Waals surface area contributed by atoms with E-state index in [0.717, 1.165) is 25.7 Å². The molecule has 1 aliphatic rings. The second-order valence-electron chi connectivity index (χ2n) is 3.83. The number of aliphatic hydroxyl groups is 2. The van der Waals surface area contributed by atoms with E-state index in [1.165, 1.54) is 0 Å². The first-order valence-corrected chi connectivity index (χ1v) is 5.03. The SMILES string of the molecule is CCC[C@H](N)C(O)C(O)NC1CC1. The zero-order valence-corrected chi connectivity index (χ0v) is 8.11. The van der Waals surface area contributed by atoms with Crippen molar-refractivity contribution in [2.45, 2.75) is 57.0 Å². The number of nitrogens with one attached hydrogen (secondary N) is 1. The van der Waals surface area contributed by atoms with E-state index in [4.69, 9.17) is 5.73 Å². The molecule has 0 amide bonds. The predicted octanol–water partition coefficient (Wildman–Crippen LogP) is -0.455. The number of rotatable bonds is 6. The topological polar surface area (TPSA) is 78.5 Å². The summed E-state index contributed by atoms with van der Waals surface area (Å²) in [6, 6.07) is 0.0599. The molecule has 0 heterocycles. The summed E-state index contributed by atoms with van der Waals surface area (Å²) in [7, 11) is 0. The molecule has 1 rings (SSSR count). The van der Waals surface area contributed by atoms with Crippen molar-refractivity contribution in [1.82, 2.24) is 5.32 Å². The van der Waals surface area contributed by atoms with Crippen LogP contribution in [-0.2, 0) is 0 Å². The van der Waals surface area contributed by atoms with Gasteiger partial charge < -0.3 is 15.9 Å². The summed E-state index contributed by atoms with van der Waals surface area (Å²) in [5, 5.41) is 22.0. The number of nitrogens with two attached hydrogens (primary N) is 1. The van der Waals surface area contributed by atoms with E-state index in [0.29, 0.717) is 6.04 Å². The molecule has 4 nitrogen and oxygen atoms in total. The van der Waals surface area contributed by atoms with Crippen molar-refractivity contribution in [3.8, 4) is 0 Å². The summed E-state index contributed by atoms with van der Waals surface area (Å²) < 4.78 is 0. The van der Waals surface area contributed by atoms with E-state index in [2.05, 4.69) is 5.32 Å². The fraction of sp³-hybridized carbons (Fsp3) is 1.00. The van der Waals surface area contributed by atoms with Crippen molar-refractivity contribution >= 4 is 0 Å². The molecule has 78 valence electrons. The second-order valence-corrected chi connectivity index (χ2v) is 3.83. The summed E-state index contributed by atoms with van der Waals surface area (Å²) in [5.41, 5.74) is 5.67. The molecule has 0 spiro atoms. The Morgan fingerprint density at radius 1 is 1.46 bits per heavy atom. The Morgan fingerprint density at radius 2 is 2.08 bits per heavy atom. The first-order valence-electron chi connectivity index (χ1n) is 5.03. The van der Waals surface area contributed by atoms with E-state index in [-0.39, 0.29) is 6.04 Å². The molecule has 2 unspecified atom stereocenters. The average molecular weight is 188 g/mol. The largest absolute Gasteiger partial charge is 0.387 e. The zero-order valence-electron chi connectivity index (χ0n) is 8.11. The van der Waals surface area contributed by atoms with Gasteiger partial charge in [-0.05, 0) is 19.3 Å². The van der Waals surface area contributed by atoms with Gasteiger partial charge in [-0.1, -0.05) is 13.3 Å². The quantitative estimate of drug-likeness (QED) is 0.426. The van der Waals surface area contributed by atoms with Crippen molar-refractivity contribution in [2.24, 2.45) is 5.73 Å². The maximum atomic E-state index is 9.56. The number of aliphatic hydroxyl groups excluding tert-OH is 2. The van der Waals surface area contributed by atoms with E-state index in [1.807, 2.05) is 6.92 Å². The minimum absolute atomic E-state index is 0.328. The van der Waals surface area contributed by atoms with Crippen LogP contribution < -0.4 is 11.1 Å². The van der Waals surface area contributed by atoms with Crippen LogP contribution in [0.25, 0.3) is 0 Å². The molecular formula is C9H20N2O2. The Hall–Kier alpha value is -0.160. The third-order valence-corrected chi connectivity index (χ3v) is 2.37. The molecule has 1 fully saturated rings. The van der Waals surface area contributed by atoms with Crippen molar-refractivity contribution in [3.63, 3.8) is 0 Å². The first-order chi connectivity index (χ1) is 6.15. The van der Waals surface area contributed by atoms with E-state index in [9.17, 15) is 10.2 Å². The third kappa shape index (κ3) is 3.60. The maximum absolute atomic E-state index is 9.56. The van der Waals surface area contributed by atoms with Gasteiger partial charge >= 0.3 is 0 Å². The lowest BCUT2D eigenvalue weighted by molar-refractivity contribution is -0.0179. The standard InChI is InChI=1S/C9H20N2O2/c1-2-3-7(10)8(12)9(13)11-6-4-5-6/h6-9,11-13H,2-5,10H2,1H3/t7-,8?,9?/m0/s1. The summed E-state index contributed by atoms with van der Waals surface area (Å²) in [6.07, 6.45) is 2.13. The fourth-order valence-electron chi connectivity index (χ4n) is 1.33. The minimum Gasteiger partial charge on any atom is -0.387 e. The van der Waals surface area contributed by atoms with E-state index < -0.39 is 12.3 Å². The lowest BCUT2D eigenvalue weighted by atomic mass is 10.1. The summed E-state index contributed by atoms with van der Waals surface area (Å²) in [5.74, 6) is 0. The van der Waals surface area contributed by atoms with Crippen molar-refractivity contribution in [3.05, 3.63) is 0 Å². The molecule has 0 aromatic heterocycles. The molecule has 5 N–H and O–H groups in total. The molecule has 0 aliphatic heterocycles. The Bertz CT molecular complexity index is 151. The van der Waals surface area contributed by atoms with Crippen molar-refractivity contribution < 1.29 is 10.2 Å². The van der Waals surface area contributed by atoms with Gasteiger partial charge in [-0.3, -0.25) is 5.32 Å². The Labute approximate surface area is 79.1 Å². The van der Waals surface area contributed by atoms with Gasteiger partial charge in [0.05, 0.1) is 0 Å². The third-order valence-electron chi connectivity index (χ3n) is 2.37. The summed E-state index contributed by atoms with van der Waals surface area (Å²) in [4.78, 5) is 0. The fourth-order valence-corrected chi connectivity index (χ4v) is 1.33. The molecule has 0 saturated heterocycles. The first kappa shape index (κ1) is 10.9. The van der Waals surface area contributed by atoms with Crippen LogP contribution in [0.1, 0.15) is 32.6 Å². The Balaban J connectivity index is 2.21. The smallest absolute Gasteiger partial charge is 0.132 e. The Kier molecular flexibility index (Phi) is 4.12. The highest BCUT2D eigenvalue weighted by Crippen LogP contribution is 2.19. The van der Waals surface area contributed by atoms with E-state index in [1.54, 1.807) is 0 Å².